The zero-order chi connectivity index (χ0) is 15.4. The van der Waals surface area contributed by atoms with Crippen LogP contribution in [0.5, 0.6) is 0 Å². The van der Waals surface area contributed by atoms with Gasteiger partial charge < -0.3 is 10.0 Å². The quantitative estimate of drug-likeness (QED) is 0.906. The summed E-state index contributed by atoms with van der Waals surface area (Å²) in [5.74, 6) is 0.814. The van der Waals surface area contributed by atoms with Crippen molar-refractivity contribution in [3.63, 3.8) is 0 Å². The average molecular weight is 302 g/mol. The largest absolute Gasteiger partial charge is 0.395 e. The number of hydrogen-bond acceptors (Lipinski definition) is 3. The molecule has 22 heavy (non-hydrogen) atoms. The summed E-state index contributed by atoms with van der Waals surface area (Å²) >= 11 is 0. The van der Waals surface area contributed by atoms with Gasteiger partial charge in [0, 0.05) is 19.1 Å². The third-order valence-corrected chi connectivity index (χ3v) is 5.54. The van der Waals surface area contributed by atoms with E-state index in [0.29, 0.717) is 12.6 Å². The van der Waals surface area contributed by atoms with Gasteiger partial charge >= 0.3 is 0 Å². The molecule has 1 N–H and O–H groups in total. The van der Waals surface area contributed by atoms with Crippen LogP contribution in [0.4, 0.5) is 0 Å². The van der Waals surface area contributed by atoms with Crippen LogP contribution in [-0.4, -0.2) is 54.7 Å². The summed E-state index contributed by atoms with van der Waals surface area (Å²) in [6, 6.07) is 9.62. The van der Waals surface area contributed by atoms with Crippen molar-refractivity contribution in [2.24, 2.45) is 5.92 Å². The predicted molar refractivity (Wildman–Crippen MR) is 91.0 cm³/mol. The number of rotatable bonds is 5. The molecule has 0 spiro atoms. The Morgan fingerprint density at radius 2 is 1.95 bits per heavy atom. The van der Waals surface area contributed by atoms with Crippen molar-refractivity contribution < 1.29 is 5.11 Å². The highest BCUT2D eigenvalue weighted by Crippen LogP contribution is 2.34. The summed E-state index contributed by atoms with van der Waals surface area (Å²) in [6.07, 6.45) is 6.43. The Balaban J connectivity index is 1.56. The Kier molecular flexibility index (Phi) is 5.51. The minimum atomic E-state index is 0.295. The summed E-state index contributed by atoms with van der Waals surface area (Å²) in [5, 5.41) is 9.04. The number of hydrogen-bond donors (Lipinski definition) is 1. The Bertz CT molecular complexity index is 468. The first-order chi connectivity index (χ1) is 10.8. The molecule has 3 rings (SSSR count). The van der Waals surface area contributed by atoms with Crippen molar-refractivity contribution in [1.82, 2.24) is 9.80 Å². The highest BCUT2D eigenvalue weighted by molar-refractivity contribution is 5.32. The number of fused-ring (bicyclic) bond motifs is 1. The molecule has 1 aliphatic carbocycles. The number of piperidine rings is 1. The third-order valence-electron chi connectivity index (χ3n) is 5.54. The monoisotopic (exact) mass is 302 g/mol. The molecule has 0 radical (unpaired) electrons. The lowest BCUT2D eigenvalue weighted by Gasteiger charge is -2.38. The summed E-state index contributed by atoms with van der Waals surface area (Å²) in [5.41, 5.74) is 3.12. The molecular formula is C19H30N2O. The molecule has 0 bridgehead atoms. The van der Waals surface area contributed by atoms with Gasteiger partial charge in [0.15, 0.2) is 0 Å². The fourth-order valence-electron chi connectivity index (χ4n) is 4.25. The van der Waals surface area contributed by atoms with E-state index in [1.807, 2.05) is 0 Å². The van der Waals surface area contributed by atoms with E-state index in [1.165, 1.54) is 38.6 Å². The van der Waals surface area contributed by atoms with E-state index >= 15 is 0 Å². The van der Waals surface area contributed by atoms with Gasteiger partial charge in [-0.2, -0.15) is 0 Å². The molecule has 3 heteroatoms. The molecule has 2 aliphatic rings. The molecule has 1 atom stereocenters. The first kappa shape index (κ1) is 16.0. The second kappa shape index (κ2) is 7.58. The van der Waals surface area contributed by atoms with Crippen LogP contribution in [0.15, 0.2) is 24.3 Å². The molecule has 0 amide bonds. The van der Waals surface area contributed by atoms with Crippen molar-refractivity contribution >= 4 is 0 Å². The topological polar surface area (TPSA) is 26.7 Å². The summed E-state index contributed by atoms with van der Waals surface area (Å²) in [6.45, 7) is 4.66. The van der Waals surface area contributed by atoms with E-state index in [-0.39, 0.29) is 0 Å². The van der Waals surface area contributed by atoms with Crippen LogP contribution in [0.3, 0.4) is 0 Å². The lowest BCUT2D eigenvalue weighted by molar-refractivity contribution is 0.114. The van der Waals surface area contributed by atoms with Gasteiger partial charge in [0.25, 0.3) is 0 Å². The Morgan fingerprint density at radius 3 is 2.73 bits per heavy atom. The average Bonchev–Trinajstić information content (AvgIpc) is 2.56. The first-order valence-corrected chi connectivity index (χ1v) is 8.89. The van der Waals surface area contributed by atoms with Gasteiger partial charge in [-0.3, -0.25) is 4.90 Å². The fourth-order valence-corrected chi connectivity index (χ4v) is 4.25. The van der Waals surface area contributed by atoms with Gasteiger partial charge in [0.05, 0.1) is 6.61 Å². The van der Waals surface area contributed by atoms with Gasteiger partial charge in [-0.1, -0.05) is 24.3 Å². The van der Waals surface area contributed by atoms with Crippen molar-refractivity contribution in [3.8, 4) is 0 Å². The SMILES string of the molecule is CN(CC1CCN(CCO)CC1)C1CCCc2ccccc21. The molecule has 0 aromatic heterocycles. The number of likely N-dealkylation sites (tertiary alicyclic amines) is 1. The summed E-state index contributed by atoms with van der Waals surface area (Å²) in [4.78, 5) is 5.00. The third kappa shape index (κ3) is 3.70. The van der Waals surface area contributed by atoms with Crippen molar-refractivity contribution in [2.75, 3.05) is 39.8 Å². The Morgan fingerprint density at radius 1 is 1.18 bits per heavy atom. The maximum atomic E-state index is 9.04. The standard InChI is InChI=1S/C19H30N2O/c1-20(15-16-9-11-21(12-10-16)13-14-22)19-8-4-6-17-5-2-3-7-18(17)19/h2-3,5,7,16,19,22H,4,6,8-15H2,1H3. The van der Waals surface area contributed by atoms with Crippen LogP contribution in [0.1, 0.15) is 42.9 Å². The second-order valence-corrected chi connectivity index (χ2v) is 7.06. The van der Waals surface area contributed by atoms with E-state index in [0.717, 1.165) is 25.6 Å². The number of aliphatic hydroxyl groups excluding tert-OH is 1. The van der Waals surface area contributed by atoms with Gasteiger partial charge in [-0.05, 0) is 69.3 Å². The minimum absolute atomic E-state index is 0.295. The second-order valence-electron chi connectivity index (χ2n) is 7.06. The van der Waals surface area contributed by atoms with Crippen LogP contribution in [0.2, 0.25) is 0 Å². The molecule has 1 heterocycles. The molecule has 3 nitrogen and oxygen atoms in total. The molecule has 0 saturated carbocycles. The van der Waals surface area contributed by atoms with E-state index in [9.17, 15) is 0 Å². The zero-order valence-corrected chi connectivity index (χ0v) is 13.9. The lowest BCUT2D eigenvalue weighted by Crippen LogP contribution is -2.40. The summed E-state index contributed by atoms with van der Waals surface area (Å²) in [7, 11) is 2.31. The maximum absolute atomic E-state index is 9.04. The molecule has 122 valence electrons. The predicted octanol–water partition coefficient (Wildman–Crippen LogP) is 2.70. The number of β-amino-alcohol motifs (C(OH)–C–C–N with tert-alkyl or cyclic N) is 1. The number of nitrogens with zero attached hydrogens (tertiary/aromatic N) is 2. The number of aryl methyl sites for hydroxylation is 1. The normalized spacial score (nSPS) is 23.7. The molecule has 1 aromatic carbocycles. The Labute approximate surface area is 134 Å². The molecule has 1 aromatic rings. The number of benzene rings is 1. The molecular weight excluding hydrogens is 272 g/mol. The van der Waals surface area contributed by atoms with Crippen LogP contribution in [0, 0.1) is 5.92 Å². The van der Waals surface area contributed by atoms with E-state index < -0.39 is 0 Å². The Hall–Kier alpha value is -0.900. The molecule has 1 aliphatic heterocycles. The highest BCUT2D eigenvalue weighted by Gasteiger charge is 2.26. The molecule has 1 fully saturated rings. The zero-order valence-electron chi connectivity index (χ0n) is 13.9. The van der Waals surface area contributed by atoms with Gasteiger partial charge in [-0.25, -0.2) is 0 Å². The molecule has 1 unspecified atom stereocenters. The van der Waals surface area contributed by atoms with E-state index in [2.05, 4.69) is 41.1 Å². The van der Waals surface area contributed by atoms with Gasteiger partial charge in [-0.15, -0.1) is 0 Å². The first-order valence-electron chi connectivity index (χ1n) is 8.89. The highest BCUT2D eigenvalue weighted by atomic mass is 16.3. The maximum Gasteiger partial charge on any atom is 0.0558 e. The number of aliphatic hydroxyl groups is 1. The van der Waals surface area contributed by atoms with E-state index in [1.54, 1.807) is 11.1 Å². The van der Waals surface area contributed by atoms with Gasteiger partial charge in [0.2, 0.25) is 0 Å². The van der Waals surface area contributed by atoms with Crippen molar-refractivity contribution in [3.05, 3.63) is 35.4 Å². The van der Waals surface area contributed by atoms with E-state index in [4.69, 9.17) is 5.11 Å². The lowest BCUT2D eigenvalue weighted by atomic mass is 9.86. The summed E-state index contributed by atoms with van der Waals surface area (Å²) < 4.78 is 0. The van der Waals surface area contributed by atoms with Crippen molar-refractivity contribution in [2.45, 2.75) is 38.1 Å². The minimum Gasteiger partial charge on any atom is -0.395 e. The van der Waals surface area contributed by atoms with Crippen LogP contribution >= 0.6 is 0 Å². The molecule has 1 saturated heterocycles. The fraction of sp³-hybridized carbons (Fsp3) is 0.684. The van der Waals surface area contributed by atoms with Crippen LogP contribution in [0.25, 0.3) is 0 Å². The van der Waals surface area contributed by atoms with Crippen LogP contribution < -0.4 is 0 Å². The van der Waals surface area contributed by atoms with Crippen LogP contribution in [-0.2, 0) is 6.42 Å². The van der Waals surface area contributed by atoms with Gasteiger partial charge in [0.1, 0.15) is 0 Å². The smallest absolute Gasteiger partial charge is 0.0558 e. The van der Waals surface area contributed by atoms with Crippen molar-refractivity contribution in [1.29, 1.82) is 0 Å².